The summed E-state index contributed by atoms with van der Waals surface area (Å²) in [7, 11) is 0. The van der Waals surface area contributed by atoms with Crippen molar-refractivity contribution < 1.29 is 19.4 Å². The van der Waals surface area contributed by atoms with Crippen LogP contribution >= 0.6 is 0 Å². The highest BCUT2D eigenvalue weighted by molar-refractivity contribution is 5.66. The van der Waals surface area contributed by atoms with E-state index < -0.39 is 6.09 Å². The van der Waals surface area contributed by atoms with Gasteiger partial charge in [0.05, 0.1) is 12.7 Å². The van der Waals surface area contributed by atoms with E-state index in [1.807, 2.05) is 0 Å². The van der Waals surface area contributed by atoms with E-state index in [1.54, 1.807) is 20.8 Å². The summed E-state index contributed by atoms with van der Waals surface area (Å²) in [6, 6.07) is 0. The Kier molecular flexibility index (Phi) is 4.75. The normalized spacial score (nSPS) is 11.5. The molecule has 1 amide bonds. The third-order valence-corrected chi connectivity index (χ3v) is 0.732. The van der Waals surface area contributed by atoms with Crippen molar-refractivity contribution in [3.63, 3.8) is 0 Å². The zero-order valence-electron chi connectivity index (χ0n) is 7.31. The van der Waals surface area contributed by atoms with Gasteiger partial charge in [-0.1, -0.05) is 0 Å². The van der Waals surface area contributed by atoms with E-state index in [0.717, 1.165) is 0 Å². The molecule has 12 heavy (non-hydrogen) atoms. The number of nitrogens with zero attached hydrogens (tertiary/aromatic N) is 2. The molecule has 70 valence electrons. The van der Waals surface area contributed by atoms with Crippen LogP contribution in [0.2, 0.25) is 0 Å². The van der Waals surface area contributed by atoms with Crippen molar-refractivity contribution in [2.75, 3.05) is 6.61 Å². The summed E-state index contributed by atoms with van der Waals surface area (Å²) in [5.41, 5.74) is 0. The molecule has 0 spiro atoms. The highest BCUT2D eigenvalue weighted by Gasteiger charge is 2.06. The molecule has 0 atom stereocenters. The van der Waals surface area contributed by atoms with Gasteiger partial charge in [0.15, 0.2) is 5.02 Å². The van der Waals surface area contributed by atoms with Crippen molar-refractivity contribution >= 4 is 6.09 Å². The Hall–Kier alpha value is -1.33. The molecular weight excluding hydrogens is 164 g/mol. The van der Waals surface area contributed by atoms with Gasteiger partial charge in [-0.25, -0.2) is 10.0 Å². The van der Waals surface area contributed by atoms with Crippen molar-refractivity contribution in [3.8, 4) is 0 Å². The zero-order chi connectivity index (χ0) is 9.56. The summed E-state index contributed by atoms with van der Waals surface area (Å²) in [6.07, 6.45) is -1.27. The minimum absolute atomic E-state index is 0.150. The molecule has 0 aliphatic carbocycles. The fraction of sp³-hybridized carbons (Fsp3) is 0.833. The molecule has 6 nitrogen and oxygen atoms in total. The fourth-order valence-electron chi connectivity index (χ4n) is 0.423. The maximum absolute atomic E-state index is 10.6. The largest absolute Gasteiger partial charge is 0.497 e. The van der Waals surface area contributed by atoms with Crippen molar-refractivity contribution in [2.45, 2.75) is 26.9 Å². The molecule has 0 unspecified atom stereocenters. The summed E-state index contributed by atoms with van der Waals surface area (Å²) in [4.78, 5) is 15.0. The Morgan fingerprint density at radius 3 is 2.67 bits per heavy atom. The fourth-order valence-corrected chi connectivity index (χ4v) is 0.423. The Labute approximate surface area is 70.3 Å². The third-order valence-electron chi connectivity index (χ3n) is 0.732. The van der Waals surface area contributed by atoms with Crippen LogP contribution in [0.1, 0.15) is 20.8 Å². The minimum Gasteiger partial charge on any atom is -0.444 e. The third kappa shape index (κ3) is 5.45. The first-order chi connectivity index (χ1) is 5.56. The van der Waals surface area contributed by atoms with Gasteiger partial charge in [0.25, 0.3) is 0 Å². The van der Waals surface area contributed by atoms with Crippen LogP contribution in [-0.4, -0.2) is 23.8 Å². The van der Waals surface area contributed by atoms with E-state index in [9.17, 15) is 10.0 Å². The summed E-state index contributed by atoms with van der Waals surface area (Å²) in [5.74, 6) is 0. The molecular formula is C6H12N2O4. The maximum Gasteiger partial charge on any atom is 0.497 e. The van der Waals surface area contributed by atoms with Crippen molar-refractivity contribution in [1.29, 1.82) is 0 Å². The minimum atomic E-state index is -0.951. The molecule has 0 fully saturated rings. The Morgan fingerprint density at radius 2 is 2.25 bits per heavy atom. The van der Waals surface area contributed by atoms with E-state index in [2.05, 4.69) is 14.7 Å². The molecule has 0 heterocycles. The quantitative estimate of drug-likeness (QED) is 0.481. The molecule has 0 saturated heterocycles. The lowest BCUT2D eigenvalue weighted by molar-refractivity contribution is -0.795. The van der Waals surface area contributed by atoms with Crippen LogP contribution in [0.25, 0.3) is 0 Å². The smallest absolute Gasteiger partial charge is 0.444 e. The predicted octanol–water partition coefficient (Wildman–Crippen LogP) is 1.45. The lowest BCUT2D eigenvalue weighted by Gasteiger charge is -2.04. The first-order valence-corrected chi connectivity index (χ1v) is 3.58. The van der Waals surface area contributed by atoms with E-state index in [4.69, 9.17) is 0 Å². The number of carbonyl (C=O) groups is 1. The number of amides is 1. The SMILES string of the molecule is CCOC(=O)N=[N+]([O-])OC(C)C. The van der Waals surface area contributed by atoms with Gasteiger partial charge in [0.2, 0.25) is 0 Å². The highest BCUT2D eigenvalue weighted by atomic mass is 16.9. The van der Waals surface area contributed by atoms with Crippen LogP contribution in [0, 0.1) is 5.21 Å². The second-order valence-corrected chi connectivity index (χ2v) is 2.19. The number of hydrogen-bond donors (Lipinski definition) is 0. The molecule has 0 radical (unpaired) electrons. The predicted molar refractivity (Wildman–Crippen MR) is 39.3 cm³/mol. The molecule has 0 bridgehead atoms. The van der Waals surface area contributed by atoms with Crippen LogP contribution in [0.3, 0.4) is 0 Å². The van der Waals surface area contributed by atoms with Gasteiger partial charge in [-0.15, -0.1) is 0 Å². The highest BCUT2D eigenvalue weighted by Crippen LogP contribution is 1.91. The standard InChI is InChI=1S/C6H12N2O4/c1-4-11-6(9)7-8(10)12-5(2)3/h5H,4H2,1-3H3. The molecule has 0 rings (SSSR count). The molecule has 0 N–H and O–H groups in total. The molecule has 0 saturated carbocycles. The lowest BCUT2D eigenvalue weighted by Crippen LogP contribution is -2.12. The first-order valence-electron chi connectivity index (χ1n) is 3.58. The number of hydrogen-bond acceptors (Lipinski definition) is 4. The van der Waals surface area contributed by atoms with Gasteiger partial charge in [-0.05, 0) is 20.8 Å². The number of rotatable bonds is 3. The molecule has 0 aromatic rings. The van der Waals surface area contributed by atoms with Crippen molar-refractivity contribution in [2.24, 2.45) is 5.11 Å². The molecule has 0 aromatic carbocycles. The Balaban J connectivity index is 3.89. The van der Waals surface area contributed by atoms with E-state index >= 15 is 0 Å². The van der Waals surface area contributed by atoms with Crippen LogP contribution in [-0.2, 0) is 9.57 Å². The van der Waals surface area contributed by atoms with E-state index in [-0.39, 0.29) is 17.7 Å². The molecule has 0 aliphatic rings. The number of ether oxygens (including phenoxy) is 1. The zero-order valence-corrected chi connectivity index (χ0v) is 7.31. The van der Waals surface area contributed by atoms with Gasteiger partial charge in [0, 0.05) is 0 Å². The maximum atomic E-state index is 10.6. The van der Waals surface area contributed by atoms with Gasteiger partial charge >= 0.3 is 6.09 Å². The topological polar surface area (TPSA) is 74.0 Å². The summed E-state index contributed by atoms with van der Waals surface area (Å²) in [6.45, 7) is 5.08. The summed E-state index contributed by atoms with van der Waals surface area (Å²) in [5, 5.41) is 13.3. The van der Waals surface area contributed by atoms with Gasteiger partial charge in [-0.2, -0.15) is 0 Å². The van der Waals surface area contributed by atoms with Gasteiger partial charge < -0.3 is 9.57 Å². The Morgan fingerprint density at radius 1 is 1.67 bits per heavy atom. The van der Waals surface area contributed by atoms with Crippen LogP contribution in [0.4, 0.5) is 4.79 Å². The van der Waals surface area contributed by atoms with Gasteiger partial charge in [0.1, 0.15) is 5.11 Å². The number of carbonyl (C=O) groups excluding carboxylic acids is 1. The van der Waals surface area contributed by atoms with Crippen molar-refractivity contribution in [3.05, 3.63) is 5.21 Å². The second-order valence-electron chi connectivity index (χ2n) is 2.19. The summed E-state index contributed by atoms with van der Waals surface area (Å²) >= 11 is 0. The molecule has 6 heteroatoms. The van der Waals surface area contributed by atoms with Crippen molar-refractivity contribution in [1.82, 2.24) is 0 Å². The molecule has 0 aliphatic heterocycles. The van der Waals surface area contributed by atoms with Gasteiger partial charge in [-0.3, -0.25) is 0 Å². The lowest BCUT2D eigenvalue weighted by atomic mass is 10.5. The average molecular weight is 176 g/mol. The van der Waals surface area contributed by atoms with E-state index in [1.165, 1.54) is 0 Å². The molecule has 0 aromatic heterocycles. The van der Waals surface area contributed by atoms with Crippen LogP contribution in [0.5, 0.6) is 0 Å². The average Bonchev–Trinajstić information content (AvgIpc) is 1.84. The second kappa shape index (κ2) is 5.34. The first kappa shape index (κ1) is 10.7. The summed E-state index contributed by atoms with van der Waals surface area (Å²) < 4.78 is 4.37. The van der Waals surface area contributed by atoms with E-state index in [0.29, 0.717) is 0 Å². The monoisotopic (exact) mass is 176 g/mol. The van der Waals surface area contributed by atoms with Crippen LogP contribution in [0.15, 0.2) is 5.11 Å². The Bertz CT molecular complexity index is 178. The van der Waals surface area contributed by atoms with Crippen LogP contribution < -0.4 is 0 Å².